The second-order valence-corrected chi connectivity index (χ2v) is 21.8. The maximum absolute atomic E-state index is 6.91. The number of rotatable bonds is 4. The minimum absolute atomic E-state index is 0.189. The van der Waals surface area contributed by atoms with Gasteiger partial charge in [0, 0.05) is 0 Å². The first-order valence-electron chi connectivity index (χ1n) is 21.5. The molecular weight excluding hydrogens is 891 g/mol. The summed E-state index contributed by atoms with van der Waals surface area (Å²) in [7, 11) is 0. The third-order valence-corrected chi connectivity index (χ3v) is 17.7. The van der Waals surface area contributed by atoms with Crippen LogP contribution in [0.5, 0.6) is 23.0 Å². The van der Waals surface area contributed by atoms with Gasteiger partial charge < -0.3 is 0 Å². The van der Waals surface area contributed by atoms with Gasteiger partial charge in [0.05, 0.1) is 0 Å². The molecule has 0 fully saturated rings. The first-order valence-corrected chi connectivity index (χ1v) is 24.9. The summed E-state index contributed by atoms with van der Waals surface area (Å²) in [5.41, 5.74) is 9.19. The predicted octanol–water partition coefficient (Wildman–Crippen LogP) is 16.1. The molecule has 2 aliphatic rings. The molecule has 4 heterocycles. The maximum atomic E-state index is 6.91. The van der Waals surface area contributed by atoms with Crippen LogP contribution in [0.4, 0.5) is 34.1 Å². The van der Waals surface area contributed by atoms with E-state index in [9.17, 15) is 0 Å². The van der Waals surface area contributed by atoms with Crippen LogP contribution in [0.1, 0.15) is 50.7 Å². The molecule has 13 rings (SSSR count). The summed E-state index contributed by atoms with van der Waals surface area (Å²) in [5.74, 6) is 4.14. The second kappa shape index (κ2) is 13.6. The summed E-state index contributed by atoms with van der Waals surface area (Å²) in [4.78, 5) is 5.05. The van der Waals surface area contributed by atoms with Crippen molar-refractivity contribution in [3.63, 3.8) is 0 Å². The summed E-state index contributed by atoms with van der Waals surface area (Å²) in [6, 6.07) is 58.8. The van der Waals surface area contributed by atoms with Crippen LogP contribution in [0.2, 0.25) is 0 Å². The number of fused-ring (bicyclic) bond motifs is 12. The number of nitrogens with zero attached hydrogens (tertiary/aromatic N) is 2. The van der Waals surface area contributed by atoms with Crippen LogP contribution in [0, 0.1) is 0 Å². The Morgan fingerprint density at radius 3 is 1.21 bits per heavy atom. The quantitative estimate of drug-likeness (QED) is 0.130. The molecule has 9 aromatic carbocycles. The van der Waals surface area contributed by atoms with Gasteiger partial charge in [-0.05, 0) is 0 Å². The van der Waals surface area contributed by atoms with E-state index in [1.165, 1.54) is 82.6 Å². The molecular formula is C56H40N2O2Se2. The summed E-state index contributed by atoms with van der Waals surface area (Å²) in [6.45, 7) is 9.20. The van der Waals surface area contributed by atoms with Gasteiger partial charge in [-0.2, -0.15) is 0 Å². The van der Waals surface area contributed by atoms with Gasteiger partial charge in [-0.25, -0.2) is 0 Å². The molecule has 0 bridgehead atoms. The van der Waals surface area contributed by atoms with Gasteiger partial charge in [-0.15, -0.1) is 0 Å². The van der Waals surface area contributed by atoms with E-state index in [0.717, 1.165) is 45.7 Å². The van der Waals surface area contributed by atoms with Gasteiger partial charge in [0.1, 0.15) is 0 Å². The molecule has 298 valence electrons. The third kappa shape index (κ3) is 5.31. The third-order valence-electron chi connectivity index (χ3n) is 12.9. The van der Waals surface area contributed by atoms with Gasteiger partial charge in [0.25, 0.3) is 0 Å². The standard InChI is InChI=1S/C56H40N2O2Se2/c1-31(2)33-21-23-37-41(25-33)55(57-43-15-7-9-17-47(43)59-49-27-39-35-13-5-11-19-51(35)61-53(39)29-45(49)57)38-24-22-34(32(3)4)26-42(38)56(37)58-44-16-8-10-18-48(44)60-50-28-40-36-14-6-12-20-52(36)62-54(40)30-46(50)58/h5-32H,1-4H3. The van der Waals surface area contributed by atoms with Gasteiger partial charge in [-0.1, -0.05) is 0 Å². The van der Waals surface area contributed by atoms with Crippen LogP contribution in [-0.4, -0.2) is 29.0 Å². The van der Waals surface area contributed by atoms with Crippen molar-refractivity contribution in [2.24, 2.45) is 0 Å². The van der Waals surface area contributed by atoms with Crippen molar-refractivity contribution >= 4 is 123 Å². The molecule has 0 saturated carbocycles. The van der Waals surface area contributed by atoms with Gasteiger partial charge in [0.15, 0.2) is 0 Å². The van der Waals surface area contributed by atoms with Crippen molar-refractivity contribution in [2.75, 3.05) is 9.80 Å². The molecule has 0 saturated heterocycles. The minimum atomic E-state index is 0.189. The van der Waals surface area contributed by atoms with E-state index in [0.29, 0.717) is 11.8 Å². The van der Waals surface area contributed by atoms with Gasteiger partial charge >= 0.3 is 374 Å². The zero-order valence-electron chi connectivity index (χ0n) is 34.7. The van der Waals surface area contributed by atoms with Crippen molar-refractivity contribution in [3.05, 3.63) is 169 Å². The van der Waals surface area contributed by atoms with Gasteiger partial charge in [0.2, 0.25) is 0 Å². The molecule has 0 atom stereocenters. The summed E-state index contributed by atoms with van der Waals surface area (Å²) in [6.07, 6.45) is 0. The first kappa shape index (κ1) is 36.4. The summed E-state index contributed by atoms with van der Waals surface area (Å²) >= 11 is 0.378. The molecule has 62 heavy (non-hydrogen) atoms. The molecule has 2 aromatic heterocycles. The molecule has 6 heteroatoms. The van der Waals surface area contributed by atoms with Crippen molar-refractivity contribution < 1.29 is 9.47 Å². The molecule has 4 nitrogen and oxygen atoms in total. The molecule has 2 aliphatic heterocycles. The Bertz CT molecular complexity index is 3450. The number of para-hydroxylation sites is 4. The molecule has 11 aromatic rings. The Morgan fingerprint density at radius 1 is 0.339 bits per heavy atom. The van der Waals surface area contributed by atoms with E-state index < -0.39 is 0 Å². The SMILES string of the molecule is CC(C)c1ccc2c(N3c4ccccc4Oc4cc5c(cc43)[se]c3ccccc35)c3cc(C(C)C)ccc3c(N3c4ccccc4Oc4cc5c(cc43)[se]c3ccccc35)c2c1. The molecule has 0 N–H and O–H groups in total. The van der Waals surface area contributed by atoms with Crippen LogP contribution >= 0.6 is 0 Å². The fraction of sp³-hybridized carbons (Fsp3) is 0.107. The van der Waals surface area contributed by atoms with Crippen LogP contribution in [0.25, 0.3) is 60.1 Å². The van der Waals surface area contributed by atoms with E-state index >= 15 is 0 Å². The predicted molar refractivity (Wildman–Crippen MR) is 263 cm³/mol. The number of benzene rings is 9. The second-order valence-electron chi connectivity index (χ2n) is 17.3. The van der Waals surface area contributed by atoms with Gasteiger partial charge in [-0.3, -0.25) is 0 Å². The van der Waals surface area contributed by atoms with Crippen LogP contribution in [-0.2, 0) is 0 Å². The van der Waals surface area contributed by atoms with E-state index in [1.807, 2.05) is 0 Å². The van der Waals surface area contributed by atoms with Crippen LogP contribution < -0.4 is 19.3 Å². The normalized spacial score (nSPS) is 13.3. The Balaban J connectivity index is 1.18. The van der Waals surface area contributed by atoms with Crippen molar-refractivity contribution in [1.82, 2.24) is 0 Å². The van der Waals surface area contributed by atoms with Crippen LogP contribution in [0.15, 0.2) is 158 Å². The number of anilines is 6. The van der Waals surface area contributed by atoms with E-state index in [-0.39, 0.29) is 29.0 Å². The number of hydrogen-bond donors (Lipinski definition) is 0. The monoisotopic (exact) mass is 932 g/mol. The Morgan fingerprint density at radius 2 is 0.758 bits per heavy atom. The Kier molecular flexibility index (Phi) is 7.99. The van der Waals surface area contributed by atoms with Crippen molar-refractivity contribution in [1.29, 1.82) is 0 Å². The summed E-state index contributed by atoms with van der Waals surface area (Å²) in [5, 5.41) is 10.0. The molecule has 0 spiro atoms. The topological polar surface area (TPSA) is 24.9 Å². The Labute approximate surface area is 371 Å². The first-order chi connectivity index (χ1) is 30.4. The number of hydrogen-bond acceptors (Lipinski definition) is 4. The Hall–Kier alpha value is -6.26. The molecule has 0 radical (unpaired) electrons. The average molecular weight is 931 g/mol. The van der Waals surface area contributed by atoms with E-state index in [2.05, 4.69) is 195 Å². The zero-order valence-corrected chi connectivity index (χ0v) is 38.1. The zero-order chi connectivity index (χ0) is 41.4. The molecule has 0 amide bonds. The number of ether oxygens (including phenoxy) is 2. The molecule has 0 unspecified atom stereocenters. The molecule has 0 aliphatic carbocycles. The fourth-order valence-corrected chi connectivity index (χ4v) is 14.6. The average Bonchev–Trinajstić information content (AvgIpc) is 3.85. The summed E-state index contributed by atoms with van der Waals surface area (Å²) < 4.78 is 19.4. The fourth-order valence-electron chi connectivity index (χ4n) is 9.85. The van der Waals surface area contributed by atoms with Crippen molar-refractivity contribution in [3.8, 4) is 23.0 Å². The van der Waals surface area contributed by atoms with E-state index in [4.69, 9.17) is 9.47 Å². The van der Waals surface area contributed by atoms with E-state index in [1.54, 1.807) is 0 Å². The van der Waals surface area contributed by atoms with Crippen LogP contribution in [0.3, 0.4) is 0 Å². The van der Waals surface area contributed by atoms with Crippen molar-refractivity contribution in [2.45, 2.75) is 39.5 Å².